The number of halogens is 1. The van der Waals surface area contributed by atoms with Crippen molar-refractivity contribution < 1.29 is 9.53 Å². The van der Waals surface area contributed by atoms with Gasteiger partial charge in [0.2, 0.25) is 0 Å². The van der Waals surface area contributed by atoms with Crippen molar-refractivity contribution in [2.45, 2.75) is 0 Å². The first-order chi connectivity index (χ1) is 9.51. The summed E-state index contributed by atoms with van der Waals surface area (Å²) in [6.45, 7) is 0. The number of thiophene rings is 1. The highest BCUT2D eigenvalue weighted by Crippen LogP contribution is 2.26. The number of amides is 1. The second-order valence-electron chi connectivity index (χ2n) is 4.05. The highest BCUT2D eigenvalue weighted by atomic mass is 35.5. The SMILES string of the molecule is COc1ncc(NC(=O)c2ccc(Cl)s2)c(N(C)C)n1. The van der Waals surface area contributed by atoms with Crippen LogP contribution in [0.25, 0.3) is 0 Å². The molecule has 2 aromatic heterocycles. The Morgan fingerprint density at radius 3 is 2.75 bits per heavy atom. The topological polar surface area (TPSA) is 67.3 Å². The van der Waals surface area contributed by atoms with E-state index in [9.17, 15) is 4.79 Å². The van der Waals surface area contributed by atoms with Crippen LogP contribution in [0.4, 0.5) is 11.5 Å². The van der Waals surface area contributed by atoms with Crippen LogP contribution in [-0.2, 0) is 0 Å². The van der Waals surface area contributed by atoms with E-state index in [1.807, 2.05) is 14.1 Å². The first-order valence-corrected chi connectivity index (χ1v) is 6.85. The predicted molar refractivity (Wildman–Crippen MR) is 80.2 cm³/mol. The summed E-state index contributed by atoms with van der Waals surface area (Å²) in [6, 6.07) is 3.59. The van der Waals surface area contributed by atoms with Gasteiger partial charge in [0.1, 0.15) is 5.69 Å². The standard InChI is InChI=1S/C12H13ClN4O2S/c1-17(2)10-7(6-14-12(16-10)19-3)15-11(18)8-4-5-9(13)20-8/h4-6H,1-3H3,(H,15,18). The Balaban J connectivity index is 2.26. The minimum absolute atomic E-state index is 0.242. The highest BCUT2D eigenvalue weighted by molar-refractivity contribution is 7.18. The second kappa shape index (κ2) is 6.06. The van der Waals surface area contributed by atoms with Crippen molar-refractivity contribution in [2.24, 2.45) is 0 Å². The molecule has 0 unspecified atom stereocenters. The number of anilines is 2. The van der Waals surface area contributed by atoms with Crippen molar-refractivity contribution in [3.8, 4) is 6.01 Å². The van der Waals surface area contributed by atoms with Crippen LogP contribution in [0, 0.1) is 0 Å². The largest absolute Gasteiger partial charge is 0.467 e. The molecule has 0 aliphatic carbocycles. The van der Waals surface area contributed by atoms with Gasteiger partial charge in [0.05, 0.1) is 22.5 Å². The number of nitrogens with zero attached hydrogens (tertiary/aromatic N) is 3. The lowest BCUT2D eigenvalue weighted by molar-refractivity contribution is 0.103. The van der Waals surface area contributed by atoms with Crippen LogP contribution in [0.3, 0.4) is 0 Å². The van der Waals surface area contributed by atoms with Crippen LogP contribution in [0.2, 0.25) is 4.34 Å². The predicted octanol–water partition coefficient (Wildman–Crippen LogP) is 2.52. The molecular weight excluding hydrogens is 300 g/mol. The molecule has 8 heteroatoms. The summed E-state index contributed by atoms with van der Waals surface area (Å²) in [5, 5.41) is 2.76. The number of aromatic nitrogens is 2. The lowest BCUT2D eigenvalue weighted by atomic mass is 10.4. The van der Waals surface area contributed by atoms with Gasteiger partial charge in [-0.25, -0.2) is 4.98 Å². The molecule has 1 N–H and O–H groups in total. The van der Waals surface area contributed by atoms with Gasteiger partial charge in [0.15, 0.2) is 5.82 Å². The van der Waals surface area contributed by atoms with Gasteiger partial charge in [-0.1, -0.05) is 11.6 Å². The molecule has 20 heavy (non-hydrogen) atoms. The lowest BCUT2D eigenvalue weighted by Gasteiger charge is -2.16. The summed E-state index contributed by atoms with van der Waals surface area (Å²) in [5.74, 6) is 0.312. The molecule has 0 aliphatic rings. The third kappa shape index (κ3) is 3.17. The van der Waals surface area contributed by atoms with Gasteiger partial charge in [-0.05, 0) is 12.1 Å². The van der Waals surface area contributed by atoms with Gasteiger partial charge < -0.3 is 15.0 Å². The highest BCUT2D eigenvalue weighted by Gasteiger charge is 2.15. The average Bonchev–Trinajstić information content (AvgIpc) is 2.85. The fourth-order valence-corrected chi connectivity index (χ4v) is 2.44. The zero-order chi connectivity index (χ0) is 14.7. The maximum atomic E-state index is 12.1. The Labute approximate surface area is 125 Å². The Hall–Kier alpha value is -1.86. The zero-order valence-electron chi connectivity index (χ0n) is 11.2. The van der Waals surface area contributed by atoms with Crippen molar-refractivity contribution in [2.75, 3.05) is 31.4 Å². The number of carbonyl (C=O) groups is 1. The van der Waals surface area contributed by atoms with Crippen molar-refractivity contribution in [1.82, 2.24) is 9.97 Å². The molecule has 0 fully saturated rings. The van der Waals surface area contributed by atoms with E-state index in [1.54, 1.807) is 17.0 Å². The monoisotopic (exact) mass is 312 g/mol. The first-order valence-electron chi connectivity index (χ1n) is 5.66. The van der Waals surface area contributed by atoms with E-state index in [2.05, 4.69) is 15.3 Å². The molecule has 0 bridgehead atoms. The summed E-state index contributed by atoms with van der Waals surface area (Å²) < 4.78 is 5.54. The van der Waals surface area contributed by atoms with Gasteiger partial charge in [-0.3, -0.25) is 4.79 Å². The summed E-state index contributed by atoms with van der Waals surface area (Å²) in [7, 11) is 5.12. The molecule has 0 saturated heterocycles. The van der Waals surface area contributed by atoms with Crippen LogP contribution < -0.4 is 15.0 Å². The quantitative estimate of drug-likeness (QED) is 0.939. The number of methoxy groups -OCH3 is 1. The molecule has 0 saturated carbocycles. The van der Waals surface area contributed by atoms with Crippen LogP contribution in [0.5, 0.6) is 6.01 Å². The van der Waals surface area contributed by atoms with E-state index >= 15 is 0 Å². The molecular formula is C12H13ClN4O2S. The van der Waals surface area contributed by atoms with E-state index in [0.29, 0.717) is 20.7 Å². The van der Waals surface area contributed by atoms with Crippen molar-refractivity contribution in [1.29, 1.82) is 0 Å². The summed E-state index contributed by atoms with van der Waals surface area (Å²) in [4.78, 5) is 22.6. The molecule has 2 rings (SSSR count). The van der Waals surface area contributed by atoms with E-state index in [0.717, 1.165) is 0 Å². The lowest BCUT2D eigenvalue weighted by Crippen LogP contribution is -2.18. The molecule has 0 spiro atoms. The molecule has 1 amide bonds. The van der Waals surface area contributed by atoms with Gasteiger partial charge >= 0.3 is 6.01 Å². The van der Waals surface area contributed by atoms with Crippen molar-refractivity contribution in [3.05, 3.63) is 27.5 Å². The maximum Gasteiger partial charge on any atom is 0.318 e. The molecule has 0 radical (unpaired) electrons. The number of hydrogen-bond donors (Lipinski definition) is 1. The fraction of sp³-hybridized carbons (Fsp3) is 0.250. The Morgan fingerprint density at radius 2 is 2.20 bits per heavy atom. The minimum Gasteiger partial charge on any atom is -0.467 e. The minimum atomic E-state index is -0.251. The van der Waals surface area contributed by atoms with E-state index in [4.69, 9.17) is 16.3 Å². The number of ether oxygens (including phenoxy) is 1. The van der Waals surface area contributed by atoms with Crippen molar-refractivity contribution in [3.63, 3.8) is 0 Å². The molecule has 0 aromatic carbocycles. The van der Waals surface area contributed by atoms with Gasteiger partial charge in [-0.15, -0.1) is 11.3 Å². The number of nitrogens with one attached hydrogen (secondary N) is 1. The van der Waals surface area contributed by atoms with Gasteiger partial charge in [0, 0.05) is 14.1 Å². The van der Waals surface area contributed by atoms with Crippen LogP contribution in [0.1, 0.15) is 9.67 Å². The Bertz CT molecular complexity index is 630. The normalized spacial score (nSPS) is 10.2. The molecule has 2 heterocycles. The molecule has 106 valence electrons. The summed E-state index contributed by atoms with van der Waals surface area (Å²) in [6.07, 6.45) is 1.51. The number of rotatable bonds is 4. The van der Waals surface area contributed by atoms with Crippen molar-refractivity contribution >= 4 is 40.4 Å². The number of carbonyl (C=O) groups excluding carboxylic acids is 1. The van der Waals surface area contributed by atoms with Crippen LogP contribution in [-0.4, -0.2) is 37.1 Å². The van der Waals surface area contributed by atoms with Gasteiger partial charge in [-0.2, -0.15) is 4.98 Å². The van der Waals surface area contributed by atoms with E-state index in [-0.39, 0.29) is 11.9 Å². The molecule has 2 aromatic rings. The average molecular weight is 313 g/mol. The third-order valence-corrected chi connectivity index (χ3v) is 3.63. The summed E-state index contributed by atoms with van der Waals surface area (Å²) in [5.41, 5.74) is 0.505. The van der Waals surface area contributed by atoms with Crippen LogP contribution >= 0.6 is 22.9 Å². The molecule has 6 nitrogen and oxygen atoms in total. The molecule has 0 aliphatic heterocycles. The van der Waals surface area contributed by atoms with E-state index < -0.39 is 0 Å². The van der Waals surface area contributed by atoms with Crippen LogP contribution in [0.15, 0.2) is 18.3 Å². The molecule has 0 atom stereocenters. The smallest absolute Gasteiger partial charge is 0.318 e. The third-order valence-electron chi connectivity index (χ3n) is 2.40. The summed E-state index contributed by atoms with van der Waals surface area (Å²) >= 11 is 7.03. The maximum absolute atomic E-state index is 12.1. The first kappa shape index (κ1) is 14.5. The van der Waals surface area contributed by atoms with E-state index in [1.165, 1.54) is 24.6 Å². The fourth-order valence-electron chi connectivity index (χ4n) is 1.50. The Kier molecular flexibility index (Phi) is 4.41. The number of hydrogen-bond acceptors (Lipinski definition) is 6. The second-order valence-corrected chi connectivity index (χ2v) is 5.76. The zero-order valence-corrected chi connectivity index (χ0v) is 12.7. The van der Waals surface area contributed by atoms with Gasteiger partial charge in [0.25, 0.3) is 5.91 Å². The Morgan fingerprint density at radius 1 is 1.45 bits per heavy atom.